The second kappa shape index (κ2) is 10.6. The first-order valence-electron chi connectivity index (χ1n) is 10.3. The van der Waals surface area contributed by atoms with Gasteiger partial charge in [-0.2, -0.15) is 0 Å². The molecule has 0 aromatic heterocycles. The average Bonchev–Trinajstić information content (AvgIpc) is 2.79. The van der Waals surface area contributed by atoms with Gasteiger partial charge in [0.15, 0.2) is 11.5 Å². The Morgan fingerprint density at radius 2 is 1.30 bits per heavy atom. The molecule has 0 aliphatic heterocycles. The van der Waals surface area contributed by atoms with E-state index in [1.807, 2.05) is 13.8 Å². The van der Waals surface area contributed by atoms with E-state index < -0.39 is 29.6 Å². The highest BCUT2D eigenvalue weighted by molar-refractivity contribution is 5.97. The number of carbonyl (C=O) groups is 2. The lowest BCUT2D eigenvalue weighted by molar-refractivity contribution is 0.0879. The van der Waals surface area contributed by atoms with E-state index in [0.29, 0.717) is 17.1 Å². The van der Waals surface area contributed by atoms with Crippen LogP contribution in [0.15, 0.2) is 66.7 Å². The van der Waals surface area contributed by atoms with Gasteiger partial charge in [-0.1, -0.05) is 30.3 Å². The smallest absolute Gasteiger partial charge is 0.256 e. The lowest BCUT2D eigenvalue weighted by Gasteiger charge is -2.23. The predicted molar refractivity (Wildman–Crippen MR) is 119 cm³/mol. The van der Waals surface area contributed by atoms with Gasteiger partial charge in [0.2, 0.25) is 0 Å². The van der Waals surface area contributed by atoms with Crippen LogP contribution in [0, 0.1) is 11.6 Å². The third kappa shape index (κ3) is 5.85. The van der Waals surface area contributed by atoms with E-state index in [1.165, 1.54) is 43.5 Å². The Morgan fingerprint density at radius 1 is 0.788 bits per heavy atom. The van der Waals surface area contributed by atoms with Gasteiger partial charge in [-0.15, -0.1) is 0 Å². The Bertz CT molecular complexity index is 1090. The van der Waals surface area contributed by atoms with Gasteiger partial charge in [0, 0.05) is 0 Å². The number of ether oxygens (including phenoxy) is 2. The zero-order valence-electron chi connectivity index (χ0n) is 18.4. The van der Waals surface area contributed by atoms with Crippen molar-refractivity contribution in [2.45, 2.75) is 26.1 Å². The lowest BCUT2D eigenvalue weighted by Crippen LogP contribution is -2.41. The number of hydrogen-bond donors (Lipinski definition) is 2. The third-order valence-electron chi connectivity index (χ3n) is 4.67. The first-order valence-corrected chi connectivity index (χ1v) is 10.3. The van der Waals surface area contributed by atoms with E-state index in [4.69, 9.17) is 9.47 Å². The van der Waals surface area contributed by atoms with Crippen LogP contribution >= 0.6 is 0 Å². The second-order valence-corrected chi connectivity index (χ2v) is 7.42. The molecule has 2 amide bonds. The molecule has 0 fully saturated rings. The summed E-state index contributed by atoms with van der Waals surface area (Å²) in [6.07, 6.45) is -1.23. The molecule has 3 rings (SSSR count). The van der Waals surface area contributed by atoms with Crippen LogP contribution in [0.25, 0.3) is 0 Å². The van der Waals surface area contributed by atoms with Crippen molar-refractivity contribution < 1.29 is 27.8 Å². The van der Waals surface area contributed by atoms with Gasteiger partial charge in [-0.25, -0.2) is 8.78 Å². The topological polar surface area (TPSA) is 76.7 Å². The summed E-state index contributed by atoms with van der Waals surface area (Å²) in [6, 6.07) is 15.7. The number of carbonyl (C=O) groups excluding carboxylic acids is 2. The van der Waals surface area contributed by atoms with Crippen LogP contribution in [-0.4, -0.2) is 25.0 Å². The fourth-order valence-corrected chi connectivity index (χ4v) is 3.13. The molecule has 0 aliphatic carbocycles. The molecule has 2 N–H and O–H groups in total. The molecule has 6 nitrogen and oxygen atoms in total. The van der Waals surface area contributed by atoms with Crippen LogP contribution in [0.2, 0.25) is 0 Å². The third-order valence-corrected chi connectivity index (χ3v) is 4.67. The Hall–Kier alpha value is -3.94. The maximum atomic E-state index is 14.1. The van der Waals surface area contributed by atoms with Crippen molar-refractivity contribution in [3.8, 4) is 11.5 Å². The number of halogens is 2. The highest BCUT2D eigenvalue weighted by Crippen LogP contribution is 2.31. The van der Waals surface area contributed by atoms with E-state index in [0.717, 1.165) is 12.1 Å². The zero-order valence-corrected chi connectivity index (χ0v) is 18.4. The highest BCUT2D eigenvalue weighted by atomic mass is 19.1. The minimum atomic E-state index is -1.12. The Morgan fingerprint density at radius 3 is 1.76 bits per heavy atom. The van der Waals surface area contributed by atoms with Crippen LogP contribution in [0.5, 0.6) is 11.5 Å². The monoisotopic (exact) mass is 454 g/mol. The van der Waals surface area contributed by atoms with Crippen molar-refractivity contribution in [3.05, 3.63) is 95.1 Å². The fourth-order valence-electron chi connectivity index (χ4n) is 3.13. The minimum Gasteiger partial charge on any atom is -0.493 e. The first-order chi connectivity index (χ1) is 15.8. The molecule has 3 aromatic rings. The minimum absolute atomic E-state index is 0.109. The van der Waals surface area contributed by atoms with Crippen molar-refractivity contribution in [2.75, 3.05) is 7.11 Å². The first kappa shape index (κ1) is 23.7. The Labute approximate surface area is 190 Å². The number of rotatable bonds is 8. The van der Waals surface area contributed by atoms with Gasteiger partial charge >= 0.3 is 0 Å². The molecule has 0 unspecified atom stereocenters. The van der Waals surface area contributed by atoms with Crippen molar-refractivity contribution in [3.63, 3.8) is 0 Å². The molecule has 0 radical (unpaired) electrons. The zero-order chi connectivity index (χ0) is 24.0. The van der Waals surface area contributed by atoms with Gasteiger partial charge in [0.1, 0.15) is 17.8 Å². The van der Waals surface area contributed by atoms with Gasteiger partial charge in [0.25, 0.3) is 11.8 Å². The van der Waals surface area contributed by atoms with Gasteiger partial charge < -0.3 is 20.1 Å². The molecular weight excluding hydrogens is 430 g/mol. The van der Waals surface area contributed by atoms with Crippen molar-refractivity contribution >= 4 is 11.8 Å². The molecule has 0 saturated heterocycles. The quantitative estimate of drug-likeness (QED) is 0.487. The molecule has 0 atom stereocenters. The van der Waals surface area contributed by atoms with Crippen LogP contribution in [0.3, 0.4) is 0 Å². The summed E-state index contributed by atoms with van der Waals surface area (Å²) >= 11 is 0. The number of amides is 2. The summed E-state index contributed by atoms with van der Waals surface area (Å²) in [5.41, 5.74) is 0.0149. The SMILES string of the molecule is COc1cc(C(NC(=O)c2ccccc2F)NC(=O)c2ccccc2F)ccc1OC(C)C. The van der Waals surface area contributed by atoms with Crippen LogP contribution < -0.4 is 20.1 Å². The summed E-state index contributed by atoms with van der Waals surface area (Å²) in [5.74, 6) is -2.11. The molecule has 8 heteroatoms. The Kier molecular flexibility index (Phi) is 7.61. The molecule has 0 spiro atoms. The molecule has 0 saturated carbocycles. The molecule has 172 valence electrons. The highest BCUT2D eigenvalue weighted by Gasteiger charge is 2.23. The van der Waals surface area contributed by atoms with E-state index in [2.05, 4.69) is 10.6 Å². The molecule has 3 aromatic carbocycles. The van der Waals surface area contributed by atoms with Crippen LogP contribution in [0.4, 0.5) is 8.78 Å². The summed E-state index contributed by atoms with van der Waals surface area (Å²) < 4.78 is 39.4. The number of benzene rings is 3. The maximum Gasteiger partial charge on any atom is 0.256 e. The summed E-state index contributed by atoms with van der Waals surface area (Å²) in [7, 11) is 1.46. The van der Waals surface area contributed by atoms with Crippen molar-refractivity contribution in [1.82, 2.24) is 10.6 Å². The van der Waals surface area contributed by atoms with E-state index in [9.17, 15) is 18.4 Å². The molecular formula is C25H24F2N2O4. The van der Waals surface area contributed by atoms with Crippen LogP contribution in [0.1, 0.15) is 46.3 Å². The Balaban J connectivity index is 1.96. The van der Waals surface area contributed by atoms with E-state index in [1.54, 1.807) is 18.2 Å². The molecule has 0 aliphatic rings. The van der Waals surface area contributed by atoms with Crippen molar-refractivity contribution in [2.24, 2.45) is 0 Å². The fraction of sp³-hybridized carbons (Fsp3) is 0.200. The van der Waals surface area contributed by atoms with Gasteiger partial charge in [-0.05, 0) is 55.8 Å². The summed E-state index contributed by atoms with van der Waals surface area (Å²) in [6.45, 7) is 3.72. The maximum absolute atomic E-state index is 14.1. The number of methoxy groups -OCH3 is 1. The van der Waals surface area contributed by atoms with Crippen molar-refractivity contribution in [1.29, 1.82) is 0 Å². The van der Waals surface area contributed by atoms with E-state index in [-0.39, 0.29) is 17.2 Å². The number of nitrogens with one attached hydrogen (secondary N) is 2. The normalized spacial score (nSPS) is 10.8. The summed E-state index contributed by atoms with van der Waals surface area (Å²) in [5, 5.41) is 5.18. The standard InChI is InChI=1S/C25H24F2N2O4/c1-15(2)33-21-13-12-16(14-22(21)32-3)23(28-24(30)17-8-4-6-10-19(17)26)29-25(31)18-9-5-7-11-20(18)27/h4-15,23H,1-3H3,(H,28,30)(H,29,31). The van der Waals surface area contributed by atoms with Crippen LogP contribution in [-0.2, 0) is 0 Å². The second-order valence-electron chi connectivity index (χ2n) is 7.42. The molecule has 0 heterocycles. The molecule has 33 heavy (non-hydrogen) atoms. The lowest BCUT2D eigenvalue weighted by atomic mass is 10.1. The largest absolute Gasteiger partial charge is 0.493 e. The molecule has 0 bridgehead atoms. The predicted octanol–water partition coefficient (Wildman–Crippen LogP) is 4.62. The average molecular weight is 454 g/mol. The van der Waals surface area contributed by atoms with Gasteiger partial charge in [0.05, 0.1) is 24.3 Å². The van der Waals surface area contributed by atoms with E-state index >= 15 is 0 Å². The summed E-state index contributed by atoms with van der Waals surface area (Å²) in [4.78, 5) is 25.5. The van der Waals surface area contributed by atoms with Gasteiger partial charge in [-0.3, -0.25) is 9.59 Å². The number of hydrogen-bond acceptors (Lipinski definition) is 4.